The Hall–Kier alpha value is -0.830. The number of fused-ring (bicyclic) bond motifs is 1. The van der Waals surface area contributed by atoms with Crippen LogP contribution in [0, 0.1) is 5.92 Å². The molecule has 0 saturated carbocycles. The van der Waals surface area contributed by atoms with E-state index in [4.69, 9.17) is 0 Å². The summed E-state index contributed by atoms with van der Waals surface area (Å²) in [7, 11) is 0. The third-order valence-corrected chi connectivity index (χ3v) is 3.57. The molecule has 2 nitrogen and oxygen atoms in total. The van der Waals surface area contributed by atoms with Gasteiger partial charge in [-0.1, -0.05) is 18.2 Å². The number of hydrogen-bond acceptors (Lipinski definition) is 2. The first-order chi connectivity index (χ1) is 8.42. The summed E-state index contributed by atoms with van der Waals surface area (Å²) in [6.45, 7) is 2.35. The molecule has 1 fully saturated rings. The maximum absolute atomic E-state index is 4.53. The van der Waals surface area contributed by atoms with Crippen LogP contribution in [0.15, 0.2) is 36.5 Å². The number of nitrogens with one attached hydrogen (secondary N) is 1. The minimum Gasteiger partial charge on any atom is -0.316 e. The minimum atomic E-state index is 0. The van der Waals surface area contributed by atoms with Gasteiger partial charge in [-0.3, -0.25) is 4.98 Å². The average molecular weight is 299 g/mol. The fourth-order valence-electron chi connectivity index (χ4n) is 2.66. The second kappa shape index (κ2) is 7.68. The minimum absolute atomic E-state index is 0. The van der Waals surface area contributed by atoms with Crippen LogP contribution in [0.2, 0.25) is 0 Å². The largest absolute Gasteiger partial charge is 0.316 e. The molecule has 1 aromatic heterocycles. The first kappa shape index (κ1) is 16.2. The van der Waals surface area contributed by atoms with E-state index in [1.165, 1.54) is 30.3 Å². The SMILES string of the molecule is Cl.Cl.c1ccc2ncc(CC3CCCNC3)cc2c1. The number of hydrogen-bond donors (Lipinski definition) is 1. The Morgan fingerprint density at radius 1 is 1.21 bits per heavy atom. The van der Waals surface area contributed by atoms with E-state index in [1.54, 1.807) is 0 Å². The van der Waals surface area contributed by atoms with Crippen LogP contribution in [-0.2, 0) is 6.42 Å². The highest BCUT2D eigenvalue weighted by molar-refractivity contribution is 5.85. The van der Waals surface area contributed by atoms with Crippen LogP contribution in [-0.4, -0.2) is 18.1 Å². The van der Waals surface area contributed by atoms with Gasteiger partial charge in [-0.25, -0.2) is 0 Å². The van der Waals surface area contributed by atoms with Gasteiger partial charge >= 0.3 is 0 Å². The van der Waals surface area contributed by atoms with Gasteiger partial charge in [0.1, 0.15) is 0 Å². The monoisotopic (exact) mass is 298 g/mol. The molecule has 0 aliphatic carbocycles. The molecule has 0 amide bonds. The van der Waals surface area contributed by atoms with Gasteiger partial charge < -0.3 is 5.32 Å². The standard InChI is InChI=1S/C15H18N2.2ClH/c1-2-6-15-14(5-1)9-13(11-17-15)8-12-4-3-7-16-10-12;;/h1-2,5-6,9,11-12,16H,3-4,7-8,10H2;2*1H. The van der Waals surface area contributed by atoms with E-state index in [2.05, 4.69) is 34.6 Å². The number of benzene rings is 1. The molecular weight excluding hydrogens is 279 g/mol. The number of pyridine rings is 1. The quantitative estimate of drug-likeness (QED) is 0.916. The van der Waals surface area contributed by atoms with Crippen LogP contribution in [0.3, 0.4) is 0 Å². The van der Waals surface area contributed by atoms with E-state index < -0.39 is 0 Å². The van der Waals surface area contributed by atoms with E-state index >= 15 is 0 Å². The lowest BCUT2D eigenvalue weighted by molar-refractivity contribution is 0.376. The molecule has 1 N–H and O–H groups in total. The van der Waals surface area contributed by atoms with Crippen LogP contribution in [0.25, 0.3) is 10.9 Å². The first-order valence-corrected chi connectivity index (χ1v) is 6.46. The van der Waals surface area contributed by atoms with E-state index in [0.717, 1.165) is 24.4 Å². The molecule has 0 spiro atoms. The lowest BCUT2D eigenvalue weighted by Gasteiger charge is -2.22. The number of piperidine rings is 1. The summed E-state index contributed by atoms with van der Waals surface area (Å²) in [5.41, 5.74) is 2.47. The van der Waals surface area contributed by atoms with Gasteiger partial charge in [0.15, 0.2) is 0 Å². The van der Waals surface area contributed by atoms with Crippen molar-refractivity contribution in [3.63, 3.8) is 0 Å². The summed E-state index contributed by atoms with van der Waals surface area (Å²) in [6.07, 6.45) is 5.85. The molecule has 1 atom stereocenters. The fourth-order valence-corrected chi connectivity index (χ4v) is 2.66. The number of halogens is 2. The Kier molecular flexibility index (Phi) is 6.56. The zero-order valence-electron chi connectivity index (χ0n) is 10.8. The van der Waals surface area contributed by atoms with Gasteiger partial charge in [-0.2, -0.15) is 0 Å². The molecular formula is C15H20Cl2N2. The molecule has 1 aliphatic heterocycles. The van der Waals surface area contributed by atoms with Gasteiger partial charge in [-0.05, 0) is 56.0 Å². The van der Waals surface area contributed by atoms with E-state index in [-0.39, 0.29) is 24.8 Å². The molecule has 2 heterocycles. The summed E-state index contributed by atoms with van der Waals surface area (Å²) < 4.78 is 0. The number of rotatable bonds is 2. The molecule has 2 aromatic rings. The zero-order chi connectivity index (χ0) is 11.5. The molecule has 104 valence electrons. The summed E-state index contributed by atoms with van der Waals surface area (Å²) in [5, 5.41) is 4.73. The Morgan fingerprint density at radius 3 is 2.84 bits per heavy atom. The lowest BCUT2D eigenvalue weighted by Crippen LogP contribution is -2.30. The van der Waals surface area contributed by atoms with Gasteiger partial charge in [0.2, 0.25) is 0 Å². The highest BCUT2D eigenvalue weighted by Gasteiger charge is 2.13. The molecule has 1 aromatic carbocycles. The molecule has 1 aliphatic rings. The van der Waals surface area contributed by atoms with E-state index in [9.17, 15) is 0 Å². The molecule has 1 saturated heterocycles. The maximum atomic E-state index is 4.53. The van der Waals surface area contributed by atoms with Crippen LogP contribution in [0.1, 0.15) is 18.4 Å². The normalized spacial score (nSPS) is 18.4. The molecule has 4 heteroatoms. The van der Waals surface area contributed by atoms with Crippen molar-refractivity contribution in [2.75, 3.05) is 13.1 Å². The van der Waals surface area contributed by atoms with Crippen molar-refractivity contribution >= 4 is 35.7 Å². The third kappa shape index (κ3) is 4.07. The molecule has 1 unspecified atom stereocenters. The molecule has 3 rings (SSSR count). The van der Waals surface area contributed by atoms with Crippen molar-refractivity contribution in [3.05, 3.63) is 42.1 Å². The van der Waals surface area contributed by atoms with Gasteiger partial charge in [-0.15, -0.1) is 24.8 Å². The van der Waals surface area contributed by atoms with Crippen molar-refractivity contribution in [1.29, 1.82) is 0 Å². The van der Waals surface area contributed by atoms with E-state index in [1.807, 2.05) is 12.3 Å². The number of nitrogens with zero attached hydrogens (tertiary/aromatic N) is 1. The first-order valence-electron chi connectivity index (χ1n) is 6.46. The Morgan fingerprint density at radius 2 is 2.05 bits per heavy atom. The number of para-hydroxylation sites is 1. The average Bonchev–Trinajstić information content (AvgIpc) is 2.40. The van der Waals surface area contributed by atoms with Gasteiger partial charge in [0.25, 0.3) is 0 Å². The second-order valence-corrected chi connectivity index (χ2v) is 4.95. The van der Waals surface area contributed by atoms with Crippen LogP contribution in [0.4, 0.5) is 0 Å². The lowest BCUT2D eigenvalue weighted by atomic mass is 9.92. The summed E-state index contributed by atoms with van der Waals surface area (Å²) in [5.74, 6) is 0.784. The van der Waals surface area contributed by atoms with Crippen LogP contribution < -0.4 is 5.32 Å². The van der Waals surface area contributed by atoms with Crippen LogP contribution >= 0.6 is 24.8 Å². The highest BCUT2D eigenvalue weighted by Crippen LogP contribution is 2.19. The summed E-state index contributed by atoms with van der Waals surface area (Å²) >= 11 is 0. The third-order valence-electron chi connectivity index (χ3n) is 3.57. The second-order valence-electron chi connectivity index (χ2n) is 4.95. The molecule has 19 heavy (non-hydrogen) atoms. The maximum Gasteiger partial charge on any atom is 0.0702 e. The zero-order valence-corrected chi connectivity index (χ0v) is 12.5. The van der Waals surface area contributed by atoms with Gasteiger partial charge in [0.05, 0.1) is 5.52 Å². The van der Waals surface area contributed by atoms with Gasteiger partial charge in [0, 0.05) is 11.6 Å². The Bertz CT molecular complexity index is 510. The Labute approximate surface area is 126 Å². The topological polar surface area (TPSA) is 24.9 Å². The predicted octanol–water partition coefficient (Wildman–Crippen LogP) is 3.62. The van der Waals surface area contributed by atoms with Crippen molar-refractivity contribution in [3.8, 4) is 0 Å². The summed E-state index contributed by atoms with van der Waals surface area (Å²) in [6, 6.07) is 10.6. The van der Waals surface area contributed by atoms with Crippen molar-refractivity contribution < 1.29 is 0 Å². The molecule has 0 bridgehead atoms. The highest BCUT2D eigenvalue weighted by atomic mass is 35.5. The van der Waals surface area contributed by atoms with Crippen molar-refractivity contribution in [1.82, 2.24) is 10.3 Å². The predicted molar refractivity (Wildman–Crippen MR) is 85.5 cm³/mol. The fraction of sp³-hybridized carbons (Fsp3) is 0.400. The van der Waals surface area contributed by atoms with Crippen molar-refractivity contribution in [2.45, 2.75) is 19.3 Å². The van der Waals surface area contributed by atoms with Crippen LogP contribution in [0.5, 0.6) is 0 Å². The summed E-state index contributed by atoms with van der Waals surface area (Å²) in [4.78, 5) is 4.53. The number of aromatic nitrogens is 1. The molecule has 0 radical (unpaired) electrons. The Balaban J connectivity index is 0.000000902. The smallest absolute Gasteiger partial charge is 0.0702 e. The van der Waals surface area contributed by atoms with E-state index in [0.29, 0.717) is 0 Å². The van der Waals surface area contributed by atoms with Crippen molar-refractivity contribution in [2.24, 2.45) is 5.92 Å².